The topological polar surface area (TPSA) is 91.6 Å². The number of anilines is 1. The van der Waals surface area contributed by atoms with Crippen molar-refractivity contribution in [3.8, 4) is 0 Å². The molecule has 0 spiro atoms. The predicted molar refractivity (Wildman–Crippen MR) is 123 cm³/mol. The highest BCUT2D eigenvalue weighted by atomic mass is 32.1. The third-order valence-corrected chi connectivity index (χ3v) is 6.88. The first-order chi connectivity index (χ1) is 14.9. The summed E-state index contributed by atoms with van der Waals surface area (Å²) in [7, 11) is 0. The summed E-state index contributed by atoms with van der Waals surface area (Å²) < 4.78 is 1.26. The van der Waals surface area contributed by atoms with Crippen LogP contribution in [0.15, 0.2) is 36.4 Å². The van der Waals surface area contributed by atoms with Crippen LogP contribution in [0.5, 0.6) is 0 Å². The Bertz CT molecular complexity index is 1080. The zero-order valence-corrected chi connectivity index (χ0v) is 18.4. The van der Waals surface area contributed by atoms with Crippen molar-refractivity contribution in [1.82, 2.24) is 15.2 Å². The molecule has 1 aromatic heterocycles. The number of nitrogens with one attached hydrogen (secondary N) is 1. The maximum absolute atomic E-state index is 12.3. The Morgan fingerprint density at radius 1 is 1.13 bits per heavy atom. The molecule has 0 atom stereocenters. The lowest BCUT2D eigenvalue weighted by molar-refractivity contribution is -0.385. The minimum absolute atomic E-state index is 0.0961. The van der Waals surface area contributed by atoms with Gasteiger partial charge in [0.05, 0.1) is 15.1 Å². The van der Waals surface area contributed by atoms with E-state index in [0.29, 0.717) is 13.1 Å². The van der Waals surface area contributed by atoms with Crippen LogP contribution in [0.2, 0.25) is 0 Å². The van der Waals surface area contributed by atoms with Crippen molar-refractivity contribution in [3.05, 3.63) is 63.2 Å². The first-order valence-electron chi connectivity index (χ1n) is 10.3. The highest BCUT2D eigenvalue weighted by molar-refractivity contribution is 7.22. The van der Waals surface area contributed by atoms with Crippen molar-refractivity contribution >= 4 is 38.3 Å². The molecular formula is C22H25N5O3S. The number of aryl methyl sites for hydroxylation is 2. The largest absolute Gasteiger partial charge is 0.351 e. The van der Waals surface area contributed by atoms with E-state index in [-0.39, 0.29) is 11.3 Å². The third-order valence-electron chi connectivity index (χ3n) is 5.63. The van der Waals surface area contributed by atoms with Gasteiger partial charge in [-0.1, -0.05) is 35.6 Å². The van der Waals surface area contributed by atoms with Gasteiger partial charge in [0.15, 0.2) is 5.13 Å². The van der Waals surface area contributed by atoms with Gasteiger partial charge in [0.1, 0.15) is 5.56 Å². The molecule has 9 heteroatoms. The molecule has 1 saturated heterocycles. The van der Waals surface area contributed by atoms with Crippen molar-refractivity contribution in [1.29, 1.82) is 0 Å². The molecular weight excluding hydrogens is 414 g/mol. The van der Waals surface area contributed by atoms with Crippen LogP contribution in [0.25, 0.3) is 10.2 Å². The lowest BCUT2D eigenvalue weighted by Crippen LogP contribution is -2.48. The number of nitro groups is 1. The summed E-state index contributed by atoms with van der Waals surface area (Å²) in [5, 5.41) is 15.0. The van der Waals surface area contributed by atoms with E-state index in [9.17, 15) is 14.9 Å². The normalized spacial score (nSPS) is 14.7. The van der Waals surface area contributed by atoms with Gasteiger partial charge in [0.25, 0.3) is 11.6 Å². The monoisotopic (exact) mass is 439 g/mol. The van der Waals surface area contributed by atoms with E-state index in [1.807, 2.05) is 0 Å². The molecule has 1 amide bonds. The van der Waals surface area contributed by atoms with Crippen LogP contribution in [0.4, 0.5) is 10.8 Å². The number of carbonyl (C=O) groups is 1. The quantitative estimate of drug-likeness (QED) is 0.468. The van der Waals surface area contributed by atoms with Gasteiger partial charge in [0.2, 0.25) is 0 Å². The summed E-state index contributed by atoms with van der Waals surface area (Å²) in [6, 6.07) is 10.3. The average molecular weight is 440 g/mol. The van der Waals surface area contributed by atoms with E-state index in [2.05, 4.69) is 41.1 Å². The Hall–Kier alpha value is -3.04. The van der Waals surface area contributed by atoms with E-state index in [1.165, 1.54) is 28.0 Å². The first kappa shape index (κ1) is 21.2. The summed E-state index contributed by atoms with van der Waals surface area (Å²) in [5.41, 5.74) is 3.49. The van der Waals surface area contributed by atoms with Gasteiger partial charge >= 0.3 is 0 Å². The molecule has 31 heavy (non-hydrogen) atoms. The number of thiazole rings is 1. The fraction of sp³-hybridized carbons (Fsp3) is 0.364. The molecule has 8 nitrogen and oxygen atoms in total. The van der Waals surface area contributed by atoms with Crippen molar-refractivity contribution in [2.24, 2.45) is 0 Å². The van der Waals surface area contributed by atoms with Crippen molar-refractivity contribution in [3.63, 3.8) is 0 Å². The van der Waals surface area contributed by atoms with E-state index < -0.39 is 10.8 Å². The number of carbonyl (C=O) groups excluding carboxylic acids is 1. The summed E-state index contributed by atoms with van der Waals surface area (Å²) in [6.07, 6.45) is 0. The minimum atomic E-state index is -0.529. The second-order valence-electron chi connectivity index (χ2n) is 7.73. The number of hydrogen-bond donors (Lipinski definition) is 1. The molecule has 0 unspecified atom stereocenters. The van der Waals surface area contributed by atoms with Crippen LogP contribution >= 0.6 is 11.3 Å². The van der Waals surface area contributed by atoms with Gasteiger partial charge in [-0.05, 0) is 31.0 Å². The number of rotatable bonds is 6. The van der Waals surface area contributed by atoms with E-state index >= 15 is 0 Å². The van der Waals surface area contributed by atoms with Crippen LogP contribution in [-0.2, 0) is 0 Å². The molecule has 0 bridgehead atoms. The number of amides is 1. The second kappa shape index (κ2) is 8.99. The molecule has 1 aliphatic rings. The Morgan fingerprint density at radius 2 is 1.84 bits per heavy atom. The van der Waals surface area contributed by atoms with Gasteiger partial charge in [-0.2, -0.15) is 0 Å². The standard InChI is InChI=1S/C22H25N5O3S/c1-15-7-8-16(2)20-19(15)24-22(31-20)26-13-11-25(12-14-26)10-9-23-21(28)17-5-3-4-6-18(17)27(29)30/h3-8H,9-14H2,1-2H3,(H,23,28). The number of hydrogen-bond acceptors (Lipinski definition) is 7. The number of piperazine rings is 1. The third kappa shape index (κ3) is 4.52. The molecule has 2 heterocycles. The van der Waals surface area contributed by atoms with Crippen LogP contribution in [0.3, 0.4) is 0 Å². The molecule has 0 saturated carbocycles. The number of benzene rings is 2. The molecule has 1 N–H and O–H groups in total. The number of fused-ring (bicyclic) bond motifs is 1. The molecule has 1 fully saturated rings. The van der Waals surface area contributed by atoms with E-state index in [1.54, 1.807) is 23.5 Å². The van der Waals surface area contributed by atoms with Crippen molar-refractivity contribution in [2.75, 3.05) is 44.2 Å². The predicted octanol–water partition coefficient (Wildman–Crippen LogP) is 3.37. The SMILES string of the molecule is Cc1ccc(C)c2sc(N3CCN(CCNC(=O)c4ccccc4[N+](=O)[O-])CC3)nc12. The average Bonchev–Trinajstić information content (AvgIpc) is 3.24. The Labute approximate surface area is 184 Å². The minimum Gasteiger partial charge on any atom is -0.351 e. The smallest absolute Gasteiger partial charge is 0.282 e. The fourth-order valence-electron chi connectivity index (χ4n) is 3.79. The van der Waals surface area contributed by atoms with Gasteiger partial charge in [-0.3, -0.25) is 19.8 Å². The van der Waals surface area contributed by atoms with Gasteiger partial charge in [-0.15, -0.1) is 0 Å². The summed E-state index contributed by atoms with van der Waals surface area (Å²) in [6.45, 7) is 8.92. The van der Waals surface area contributed by atoms with E-state index in [0.717, 1.165) is 36.8 Å². The molecule has 162 valence electrons. The second-order valence-corrected chi connectivity index (χ2v) is 8.71. The highest BCUT2D eigenvalue weighted by Gasteiger charge is 2.22. The molecule has 4 rings (SSSR count). The lowest BCUT2D eigenvalue weighted by atomic mass is 10.1. The lowest BCUT2D eigenvalue weighted by Gasteiger charge is -2.34. The summed E-state index contributed by atoms with van der Waals surface area (Å²) in [4.78, 5) is 32.4. The molecule has 1 aliphatic heterocycles. The number of aromatic nitrogens is 1. The molecule has 0 radical (unpaired) electrons. The zero-order valence-electron chi connectivity index (χ0n) is 17.6. The maximum atomic E-state index is 12.3. The van der Waals surface area contributed by atoms with Crippen LogP contribution in [0, 0.1) is 24.0 Å². The van der Waals surface area contributed by atoms with Gasteiger partial charge in [-0.25, -0.2) is 4.98 Å². The van der Waals surface area contributed by atoms with Crippen molar-refractivity contribution in [2.45, 2.75) is 13.8 Å². The van der Waals surface area contributed by atoms with Gasteiger partial charge < -0.3 is 10.2 Å². The summed E-state index contributed by atoms with van der Waals surface area (Å²) >= 11 is 1.75. The Kier molecular flexibility index (Phi) is 6.15. The van der Waals surface area contributed by atoms with E-state index in [4.69, 9.17) is 4.98 Å². The highest BCUT2D eigenvalue weighted by Crippen LogP contribution is 2.33. The zero-order chi connectivity index (χ0) is 22.0. The van der Waals surface area contributed by atoms with Crippen LogP contribution in [0.1, 0.15) is 21.5 Å². The number of para-hydroxylation sites is 1. The molecule has 0 aliphatic carbocycles. The Balaban J connectivity index is 1.29. The van der Waals surface area contributed by atoms with Gasteiger partial charge in [0, 0.05) is 45.3 Å². The van der Waals surface area contributed by atoms with Crippen LogP contribution < -0.4 is 10.2 Å². The number of nitro benzene ring substituents is 1. The molecule has 2 aromatic carbocycles. The first-order valence-corrected chi connectivity index (χ1v) is 11.1. The van der Waals surface area contributed by atoms with Crippen molar-refractivity contribution < 1.29 is 9.72 Å². The summed E-state index contributed by atoms with van der Waals surface area (Å²) in [5.74, 6) is -0.411. The van der Waals surface area contributed by atoms with Crippen LogP contribution in [-0.4, -0.2) is 60.0 Å². The molecule has 3 aromatic rings. The Morgan fingerprint density at radius 3 is 2.55 bits per heavy atom. The fourth-order valence-corrected chi connectivity index (χ4v) is 4.96. The maximum Gasteiger partial charge on any atom is 0.282 e. The number of nitrogens with zero attached hydrogens (tertiary/aromatic N) is 4.